The highest BCUT2D eigenvalue weighted by molar-refractivity contribution is 5.83. The molecule has 0 atom stereocenters. The van der Waals surface area contributed by atoms with Gasteiger partial charge in [0, 0.05) is 17.1 Å². The third-order valence-electron chi connectivity index (χ3n) is 3.68. The van der Waals surface area contributed by atoms with Gasteiger partial charge in [0.05, 0.1) is 0 Å². The number of para-hydroxylation sites is 1. The summed E-state index contributed by atoms with van der Waals surface area (Å²) in [5, 5.41) is 4.87. The van der Waals surface area contributed by atoms with Gasteiger partial charge >= 0.3 is 0 Å². The van der Waals surface area contributed by atoms with E-state index in [1.54, 1.807) is 0 Å². The van der Waals surface area contributed by atoms with E-state index in [0.29, 0.717) is 0 Å². The van der Waals surface area contributed by atoms with Gasteiger partial charge in [-0.05, 0) is 43.1 Å². The summed E-state index contributed by atoms with van der Waals surface area (Å²) in [7, 11) is 0. The Morgan fingerprint density at radius 1 is 0.810 bits per heavy atom. The molecule has 0 amide bonds. The number of halogens is 1. The van der Waals surface area contributed by atoms with Crippen molar-refractivity contribution in [1.82, 2.24) is 10.3 Å². The molecule has 0 bridgehead atoms. The summed E-state index contributed by atoms with van der Waals surface area (Å²) in [5.74, 6) is 0. The highest BCUT2D eigenvalue weighted by atomic mass is 35.5. The normalized spacial score (nSPS) is 10.5. The number of hydrogen-bond acceptors (Lipinski definition) is 1. The monoisotopic (exact) mass is 299 g/mol. The average molecular weight is 300 g/mol. The minimum atomic E-state index is 0. The van der Waals surface area contributed by atoms with Gasteiger partial charge in [0.25, 0.3) is 0 Å². The van der Waals surface area contributed by atoms with Crippen molar-refractivity contribution in [2.45, 2.75) is 12.8 Å². The van der Waals surface area contributed by atoms with Crippen molar-refractivity contribution in [3.05, 3.63) is 71.9 Å². The lowest BCUT2D eigenvalue weighted by Crippen LogP contribution is -3.00. The number of benzene rings is 2. The molecule has 3 aromatic rings. The Labute approximate surface area is 132 Å². The second kappa shape index (κ2) is 7.87. The van der Waals surface area contributed by atoms with Crippen LogP contribution in [-0.4, -0.2) is 18.1 Å². The first-order chi connectivity index (χ1) is 9.93. The highest BCUT2D eigenvalue weighted by Gasteiger charge is 2.01. The fourth-order valence-corrected chi connectivity index (χ4v) is 2.56. The number of hydrogen-bond donors (Lipinski definition) is 2. The van der Waals surface area contributed by atoms with Gasteiger partial charge in [-0.2, -0.15) is 0 Å². The van der Waals surface area contributed by atoms with Crippen LogP contribution in [0.25, 0.3) is 10.9 Å². The summed E-state index contributed by atoms with van der Waals surface area (Å²) in [5.41, 5.74) is 4.02. The maximum atomic E-state index is 3.52. The van der Waals surface area contributed by atoms with Crippen LogP contribution in [0.2, 0.25) is 0 Å². The predicted octanol–water partition coefficient (Wildman–Crippen LogP) is 0.547. The van der Waals surface area contributed by atoms with Gasteiger partial charge in [-0.3, -0.25) is 0 Å². The highest BCUT2D eigenvalue weighted by Crippen LogP contribution is 2.17. The number of rotatable bonds is 6. The van der Waals surface area contributed by atoms with Gasteiger partial charge in [-0.25, -0.2) is 0 Å². The van der Waals surface area contributed by atoms with Crippen LogP contribution in [0.4, 0.5) is 0 Å². The molecular weight excluding hydrogens is 280 g/mol. The topological polar surface area (TPSA) is 27.8 Å². The maximum Gasteiger partial charge on any atom is 0.0456 e. The number of aromatic nitrogens is 1. The summed E-state index contributed by atoms with van der Waals surface area (Å²) in [6, 6.07) is 19.1. The van der Waals surface area contributed by atoms with Crippen LogP contribution >= 0.6 is 0 Å². The van der Waals surface area contributed by atoms with Crippen molar-refractivity contribution in [3.8, 4) is 0 Å². The van der Waals surface area contributed by atoms with Crippen molar-refractivity contribution >= 4 is 10.9 Å². The molecule has 0 fully saturated rings. The standard InChI is InChI=1S/C18H20N2.ClH/c1-2-6-15(7-3-1)10-12-19-13-11-16-14-20-18-9-5-4-8-17(16)18;/h1-9,14,19-20H,10-13H2;1H/p-1. The zero-order valence-electron chi connectivity index (χ0n) is 12.0. The van der Waals surface area contributed by atoms with Crippen LogP contribution in [0.3, 0.4) is 0 Å². The molecule has 1 heterocycles. The number of fused-ring (bicyclic) bond motifs is 1. The van der Waals surface area contributed by atoms with Crippen LogP contribution in [-0.2, 0) is 12.8 Å². The molecule has 2 aromatic carbocycles. The summed E-state index contributed by atoms with van der Waals surface area (Å²) in [6.07, 6.45) is 4.29. The van der Waals surface area contributed by atoms with E-state index in [1.807, 2.05) is 0 Å². The Morgan fingerprint density at radius 2 is 1.52 bits per heavy atom. The second-order valence-electron chi connectivity index (χ2n) is 5.10. The molecule has 2 nitrogen and oxygen atoms in total. The molecule has 0 radical (unpaired) electrons. The molecule has 0 spiro atoms. The molecule has 0 aliphatic heterocycles. The van der Waals surface area contributed by atoms with E-state index in [0.717, 1.165) is 25.9 Å². The van der Waals surface area contributed by atoms with E-state index in [9.17, 15) is 0 Å². The van der Waals surface area contributed by atoms with E-state index < -0.39 is 0 Å². The summed E-state index contributed by atoms with van der Waals surface area (Å²) < 4.78 is 0. The van der Waals surface area contributed by atoms with Crippen LogP contribution in [0.5, 0.6) is 0 Å². The van der Waals surface area contributed by atoms with Gasteiger partial charge in [0.1, 0.15) is 0 Å². The summed E-state index contributed by atoms with van der Waals surface area (Å²) in [4.78, 5) is 3.33. The first-order valence-corrected chi connectivity index (χ1v) is 7.23. The average Bonchev–Trinajstić information content (AvgIpc) is 2.91. The third-order valence-corrected chi connectivity index (χ3v) is 3.68. The molecular formula is C18H20ClN2-. The molecule has 0 aliphatic rings. The largest absolute Gasteiger partial charge is 1.00 e. The Morgan fingerprint density at radius 3 is 2.38 bits per heavy atom. The van der Waals surface area contributed by atoms with Crippen LogP contribution in [0.1, 0.15) is 11.1 Å². The molecule has 3 heteroatoms. The second-order valence-corrected chi connectivity index (χ2v) is 5.10. The molecule has 0 aliphatic carbocycles. The van der Waals surface area contributed by atoms with Gasteiger partial charge in [-0.15, -0.1) is 0 Å². The fourth-order valence-electron chi connectivity index (χ4n) is 2.56. The molecule has 2 N–H and O–H groups in total. The van der Waals surface area contributed by atoms with Gasteiger partial charge in [0.2, 0.25) is 0 Å². The lowest BCUT2D eigenvalue weighted by Gasteiger charge is -2.04. The maximum absolute atomic E-state index is 3.52. The molecule has 0 saturated carbocycles. The van der Waals surface area contributed by atoms with Gasteiger partial charge in [-0.1, -0.05) is 48.5 Å². The predicted molar refractivity (Wildman–Crippen MR) is 85.0 cm³/mol. The fraction of sp³-hybridized carbons (Fsp3) is 0.222. The van der Waals surface area contributed by atoms with Crippen molar-refractivity contribution in [1.29, 1.82) is 0 Å². The quantitative estimate of drug-likeness (QED) is 0.639. The SMILES string of the molecule is [Cl-].c1ccc(CCNCCc2c[nH]c3ccccc23)cc1. The number of aromatic amines is 1. The van der Waals surface area contributed by atoms with E-state index in [4.69, 9.17) is 0 Å². The van der Waals surface area contributed by atoms with Crippen LogP contribution < -0.4 is 17.7 Å². The lowest BCUT2D eigenvalue weighted by atomic mass is 10.1. The summed E-state index contributed by atoms with van der Waals surface area (Å²) >= 11 is 0. The third kappa shape index (κ3) is 4.10. The summed E-state index contributed by atoms with van der Waals surface area (Å²) in [6.45, 7) is 2.06. The van der Waals surface area contributed by atoms with Crippen molar-refractivity contribution < 1.29 is 12.4 Å². The Balaban J connectivity index is 0.00000161. The van der Waals surface area contributed by atoms with Crippen LogP contribution in [0.15, 0.2) is 60.8 Å². The molecule has 3 rings (SSSR count). The van der Waals surface area contributed by atoms with Gasteiger partial charge in [0.15, 0.2) is 0 Å². The molecule has 110 valence electrons. The van der Waals surface area contributed by atoms with E-state index >= 15 is 0 Å². The Bertz CT molecular complexity index is 661. The minimum Gasteiger partial charge on any atom is -1.00 e. The van der Waals surface area contributed by atoms with Crippen molar-refractivity contribution in [2.75, 3.05) is 13.1 Å². The molecule has 0 saturated heterocycles. The molecule has 21 heavy (non-hydrogen) atoms. The zero-order valence-corrected chi connectivity index (χ0v) is 12.7. The van der Waals surface area contributed by atoms with Crippen LogP contribution in [0, 0.1) is 0 Å². The zero-order chi connectivity index (χ0) is 13.6. The smallest absolute Gasteiger partial charge is 0.0456 e. The number of nitrogens with one attached hydrogen (secondary N) is 2. The molecule has 1 aromatic heterocycles. The Kier molecular flexibility index (Phi) is 5.85. The number of H-pyrrole nitrogens is 1. The first kappa shape index (κ1) is 15.6. The van der Waals surface area contributed by atoms with Crippen molar-refractivity contribution in [3.63, 3.8) is 0 Å². The molecule has 0 unspecified atom stereocenters. The van der Waals surface area contributed by atoms with E-state index in [1.165, 1.54) is 22.0 Å². The lowest BCUT2D eigenvalue weighted by molar-refractivity contribution is -0.00000407. The first-order valence-electron chi connectivity index (χ1n) is 7.23. The minimum absolute atomic E-state index is 0. The van der Waals surface area contributed by atoms with E-state index in [-0.39, 0.29) is 12.4 Å². The van der Waals surface area contributed by atoms with Gasteiger partial charge < -0.3 is 22.7 Å². The van der Waals surface area contributed by atoms with Crippen molar-refractivity contribution in [2.24, 2.45) is 0 Å². The Hall–Kier alpha value is -1.77. The van der Waals surface area contributed by atoms with E-state index in [2.05, 4.69) is 71.1 Å².